The number of halogens is 4. The zero-order valence-corrected chi connectivity index (χ0v) is 18.9. The summed E-state index contributed by atoms with van der Waals surface area (Å²) >= 11 is 0. The second-order valence-electron chi connectivity index (χ2n) is 8.72. The Bertz CT molecular complexity index is 1060. The first kappa shape index (κ1) is 24.1. The van der Waals surface area contributed by atoms with Gasteiger partial charge < -0.3 is 25.4 Å². The number of anilines is 1. The van der Waals surface area contributed by atoms with Crippen molar-refractivity contribution in [2.45, 2.75) is 49.4 Å². The maximum atomic E-state index is 14.2. The molecule has 3 atom stereocenters. The van der Waals surface area contributed by atoms with E-state index in [9.17, 15) is 22.4 Å². The van der Waals surface area contributed by atoms with Crippen LogP contribution in [0, 0.1) is 5.82 Å². The lowest BCUT2D eigenvalue weighted by atomic mass is 9.65. The highest BCUT2D eigenvalue weighted by Gasteiger charge is 2.48. The molecule has 4 rings (SSSR count). The van der Waals surface area contributed by atoms with E-state index in [0.29, 0.717) is 30.4 Å². The first-order chi connectivity index (χ1) is 16.2. The fourth-order valence-electron chi connectivity index (χ4n) is 5.24. The number of fused-ring (bicyclic) bond motifs is 1. The van der Waals surface area contributed by atoms with Gasteiger partial charge in [0.05, 0.1) is 25.5 Å². The minimum absolute atomic E-state index is 0.0925. The van der Waals surface area contributed by atoms with E-state index >= 15 is 0 Å². The highest BCUT2D eigenvalue weighted by Crippen LogP contribution is 2.47. The van der Waals surface area contributed by atoms with Crippen molar-refractivity contribution in [1.82, 2.24) is 10.6 Å². The monoisotopic (exact) mass is 481 g/mol. The quantitative estimate of drug-likeness (QED) is 0.535. The molecule has 2 amide bonds. The summed E-state index contributed by atoms with van der Waals surface area (Å²) < 4.78 is 63.9. The highest BCUT2D eigenvalue weighted by atomic mass is 19.4. The Labute approximate surface area is 195 Å². The van der Waals surface area contributed by atoms with Gasteiger partial charge in [0.1, 0.15) is 0 Å². The Morgan fingerprint density at radius 1 is 1.12 bits per heavy atom. The van der Waals surface area contributed by atoms with Crippen LogP contribution in [0.1, 0.15) is 36.8 Å². The fourth-order valence-corrected chi connectivity index (χ4v) is 5.24. The SMILES string of the molecule is COc1ccc([C@@]23CCN[C@@H]2C[C@@H](NC(=O)Nc2cccc(C(F)(F)F)c2F)CC3)cc1OC. The third-order valence-electron chi connectivity index (χ3n) is 6.93. The normalized spacial score (nSPS) is 24.3. The molecule has 2 fully saturated rings. The number of hydrogen-bond acceptors (Lipinski definition) is 4. The predicted molar refractivity (Wildman–Crippen MR) is 119 cm³/mol. The van der Waals surface area contributed by atoms with Crippen LogP contribution >= 0.6 is 0 Å². The van der Waals surface area contributed by atoms with Crippen molar-refractivity contribution in [2.24, 2.45) is 0 Å². The van der Waals surface area contributed by atoms with Crippen LogP contribution in [0.5, 0.6) is 11.5 Å². The highest BCUT2D eigenvalue weighted by molar-refractivity contribution is 5.89. The molecule has 3 N–H and O–H groups in total. The minimum atomic E-state index is -4.84. The van der Waals surface area contributed by atoms with Crippen molar-refractivity contribution >= 4 is 11.7 Å². The summed E-state index contributed by atoms with van der Waals surface area (Å²) in [7, 11) is 3.18. The molecule has 2 aromatic rings. The number of alkyl halides is 3. The zero-order chi connectivity index (χ0) is 24.5. The molecular formula is C24H27F4N3O3. The third-order valence-corrected chi connectivity index (χ3v) is 6.93. The van der Waals surface area contributed by atoms with Gasteiger partial charge in [-0.2, -0.15) is 13.2 Å². The summed E-state index contributed by atoms with van der Waals surface area (Å²) in [5.74, 6) is -0.194. The molecule has 1 saturated carbocycles. The van der Waals surface area contributed by atoms with Crippen LogP contribution < -0.4 is 25.4 Å². The van der Waals surface area contributed by atoms with Crippen LogP contribution in [0.15, 0.2) is 36.4 Å². The van der Waals surface area contributed by atoms with Gasteiger partial charge in [-0.1, -0.05) is 12.1 Å². The van der Waals surface area contributed by atoms with Crippen molar-refractivity contribution in [1.29, 1.82) is 0 Å². The number of methoxy groups -OCH3 is 2. The molecule has 1 aliphatic heterocycles. The molecule has 10 heteroatoms. The number of carbonyl (C=O) groups is 1. The lowest BCUT2D eigenvalue weighted by Crippen LogP contribution is -2.52. The summed E-state index contributed by atoms with van der Waals surface area (Å²) in [6.07, 6.45) is -1.81. The molecule has 34 heavy (non-hydrogen) atoms. The second kappa shape index (κ2) is 9.32. The van der Waals surface area contributed by atoms with Gasteiger partial charge in [-0.3, -0.25) is 0 Å². The van der Waals surface area contributed by atoms with E-state index in [0.717, 1.165) is 37.1 Å². The van der Waals surface area contributed by atoms with E-state index in [1.54, 1.807) is 14.2 Å². The molecule has 0 aromatic heterocycles. The van der Waals surface area contributed by atoms with Crippen molar-refractivity contribution < 1.29 is 31.8 Å². The van der Waals surface area contributed by atoms with Crippen LogP contribution in [0.4, 0.5) is 28.0 Å². The number of carbonyl (C=O) groups excluding carboxylic acids is 1. The second-order valence-corrected chi connectivity index (χ2v) is 8.72. The number of rotatable bonds is 5. The molecular weight excluding hydrogens is 454 g/mol. The molecule has 0 unspecified atom stereocenters. The van der Waals surface area contributed by atoms with Crippen molar-refractivity contribution in [3.8, 4) is 11.5 Å². The number of hydrogen-bond donors (Lipinski definition) is 3. The molecule has 1 aliphatic carbocycles. The maximum absolute atomic E-state index is 14.2. The summed E-state index contributed by atoms with van der Waals surface area (Å²) in [5.41, 5.74) is -0.921. The van der Waals surface area contributed by atoms with Gasteiger partial charge in [0.15, 0.2) is 17.3 Å². The Morgan fingerprint density at radius 2 is 1.88 bits per heavy atom. The van der Waals surface area contributed by atoms with E-state index in [-0.39, 0.29) is 17.5 Å². The van der Waals surface area contributed by atoms with Crippen LogP contribution in [0.2, 0.25) is 0 Å². The number of urea groups is 1. The maximum Gasteiger partial charge on any atom is 0.419 e. The third kappa shape index (κ3) is 4.51. The van der Waals surface area contributed by atoms with Crippen LogP contribution in [-0.4, -0.2) is 38.9 Å². The smallest absolute Gasteiger partial charge is 0.419 e. The molecule has 0 radical (unpaired) electrons. The number of ether oxygens (including phenoxy) is 2. The average Bonchev–Trinajstić information content (AvgIpc) is 3.23. The van der Waals surface area contributed by atoms with Crippen LogP contribution in [0.25, 0.3) is 0 Å². The molecule has 184 valence electrons. The van der Waals surface area contributed by atoms with Gasteiger partial charge in [0.2, 0.25) is 0 Å². The van der Waals surface area contributed by atoms with Crippen molar-refractivity contribution in [2.75, 3.05) is 26.1 Å². The number of benzene rings is 2. The zero-order valence-electron chi connectivity index (χ0n) is 18.9. The Kier molecular flexibility index (Phi) is 6.62. The van der Waals surface area contributed by atoms with Gasteiger partial charge in [0.25, 0.3) is 0 Å². The molecule has 1 heterocycles. The van der Waals surface area contributed by atoms with Crippen LogP contribution in [0.3, 0.4) is 0 Å². The molecule has 2 aliphatic rings. The van der Waals surface area contributed by atoms with E-state index in [2.05, 4.69) is 16.0 Å². The van der Waals surface area contributed by atoms with E-state index in [1.165, 1.54) is 0 Å². The van der Waals surface area contributed by atoms with Gasteiger partial charge in [-0.15, -0.1) is 0 Å². The average molecular weight is 481 g/mol. The number of amides is 2. The standard InChI is InChI=1S/C24H27F4N3O3/c1-33-18-7-6-14(12-19(18)34-2)23-9-8-15(13-20(23)29-11-10-23)30-22(32)31-17-5-3-4-16(21(17)25)24(26,27)28/h3-7,12,15,20,29H,8-11,13H2,1-2H3,(H2,30,31,32)/t15-,20+,23+/m0/s1. The molecule has 2 aromatic carbocycles. The first-order valence-corrected chi connectivity index (χ1v) is 11.1. The summed E-state index contributed by atoms with van der Waals surface area (Å²) in [5, 5.41) is 8.54. The van der Waals surface area contributed by atoms with Crippen molar-refractivity contribution in [3.63, 3.8) is 0 Å². The van der Waals surface area contributed by atoms with Gasteiger partial charge in [-0.25, -0.2) is 9.18 Å². The minimum Gasteiger partial charge on any atom is -0.493 e. The predicted octanol–water partition coefficient (Wildman–Crippen LogP) is 4.84. The summed E-state index contributed by atoms with van der Waals surface area (Å²) in [6.45, 7) is 0.827. The fraction of sp³-hybridized carbons (Fsp3) is 0.458. The van der Waals surface area contributed by atoms with Gasteiger partial charge >= 0.3 is 12.2 Å². The number of nitrogens with one attached hydrogen (secondary N) is 3. The summed E-state index contributed by atoms with van der Waals surface area (Å²) in [6, 6.07) is 7.87. The van der Waals surface area contributed by atoms with E-state index in [4.69, 9.17) is 9.47 Å². The van der Waals surface area contributed by atoms with Gasteiger partial charge in [-0.05, 0) is 62.1 Å². The lowest BCUT2D eigenvalue weighted by Gasteiger charge is -2.43. The molecule has 1 saturated heterocycles. The largest absolute Gasteiger partial charge is 0.493 e. The molecule has 6 nitrogen and oxygen atoms in total. The van der Waals surface area contributed by atoms with Crippen LogP contribution in [-0.2, 0) is 11.6 Å². The molecule has 0 spiro atoms. The topological polar surface area (TPSA) is 71.6 Å². The summed E-state index contributed by atoms with van der Waals surface area (Å²) in [4.78, 5) is 12.5. The lowest BCUT2D eigenvalue weighted by molar-refractivity contribution is -0.139. The van der Waals surface area contributed by atoms with Crippen molar-refractivity contribution in [3.05, 3.63) is 53.3 Å². The Morgan fingerprint density at radius 3 is 2.59 bits per heavy atom. The van der Waals surface area contributed by atoms with Gasteiger partial charge in [0, 0.05) is 17.5 Å². The Hall–Kier alpha value is -3.01. The Balaban J connectivity index is 1.44. The first-order valence-electron chi connectivity index (χ1n) is 11.1. The van der Waals surface area contributed by atoms with E-state index in [1.807, 2.05) is 18.2 Å². The molecule has 0 bridgehead atoms. The van der Waals surface area contributed by atoms with E-state index < -0.39 is 29.3 Å².